The highest BCUT2D eigenvalue weighted by Gasteiger charge is 2.29. The van der Waals surface area contributed by atoms with E-state index in [4.69, 9.17) is 9.26 Å². The average Bonchev–Trinajstić information content (AvgIpc) is 3.02. The smallest absolute Gasteiger partial charge is 0.416 e. The summed E-state index contributed by atoms with van der Waals surface area (Å²) in [6, 6.07) is 5.78. The van der Waals surface area contributed by atoms with Gasteiger partial charge in [-0.1, -0.05) is 24.2 Å². The molecule has 0 aliphatic carbocycles. The molecule has 2 rings (SSSR count). The number of aromatic nitrogens is 1. The molecule has 1 atom stereocenters. The third kappa shape index (κ3) is 5.98. The molecule has 1 unspecified atom stereocenters. The number of aryl methyl sites for hydroxylation is 1. The summed E-state index contributed by atoms with van der Waals surface area (Å²) in [6.45, 7) is 3.32. The Hall–Kier alpha value is -3.10. The Bertz CT molecular complexity index is 826. The van der Waals surface area contributed by atoms with Gasteiger partial charge in [0.2, 0.25) is 0 Å². The number of rotatable bonds is 6. The molecule has 27 heavy (non-hydrogen) atoms. The van der Waals surface area contributed by atoms with Gasteiger partial charge in [0.15, 0.2) is 11.9 Å². The Morgan fingerprint density at radius 2 is 1.96 bits per heavy atom. The number of hydrogen-bond donors (Lipinski definition) is 1. The lowest BCUT2D eigenvalue weighted by molar-refractivity contribution is -0.149. The first-order valence-corrected chi connectivity index (χ1v) is 7.99. The Labute approximate surface area is 153 Å². The van der Waals surface area contributed by atoms with E-state index in [9.17, 15) is 22.8 Å². The van der Waals surface area contributed by atoms with E-state index in [0.29, 0.717) is 11.3 Å². The molecule has 0 saturated carbocycles. The van der Waals surface area contributed by atoms with Gasteiger partial charge in [0.1, 0.15) is 5.76 Å². The molecule has 0 fully saturated rings. The molecule has 1 amide bonds. The van der Waals surface area contributed by atoms with Crippen LogP contribution in [-0.2, 0) is 20.5 Å². The number of anilines is 1. The highest BCUT2D eigenvalue weighted by atomic mass is 19.4. The maximum atomic E-state index is 12.5. The van der Waals surface area contributed by atoms with Gasteiger partial charge in [-0.05, 0) is 37.1 Å². The molecule has 6 nitrogen and oxygen atoms in total. The zero-order valence-corrected chi connectivity index (χ0v) is 14.5. The maximum absolute atomic E-state index is 12.5. The third-order valence-electron chi connectivity index (χ3n) is 3.45. The number of ether oxygens (including phenoxy) is 1. The quantitative estimate of drug-likeness (QED) is 0.604. The van der Waals surface area contributed by atoms with Crippen LogP contribution in [0.1, 0.15) is 30.2 Å². The summed E-state index contributed by atoms with van der Waals surface area (Å²) in [5.74, 6) is -0.655. The van der Waals surface area contributed by atoms with Crippen LogP contribution in [-0.4, -0.2) is 23.1 Å². The summed E-state index contributed by atoms with van der Waals surface area (Å²) in [5.41, 5.74) is -0.399. The lowest BCUT2D eigenvalue weighted by atomic mass is 10.1. The number of hydrogen-bond acceptors (Lipinski definition) is 5. The van der Waals surface area contributed by atoms with Gasteiger partial charge in [-0.25, -0.2) is 4.79 Å². The number of carbonyl (C=O) groups excluding carboxylic acids is 2. The molecule has 0 aliphatic rings. The molecule has 1 heterocycles. The first-order valence-electron chi connectivity index (χ1n) is 7.99. The molecular formula is C18H17F3N2O4. The van der Waals surface area contributed by atoms with Gasteiger partial charge in [-0.3, -0.25) is 4.79 Å². The van der Waals surface area contributed by atoms with Crippen molar-refractivity contribution in [2.75, 3.05) is 5.32 Å². The van der Waals surface area contributed by atoms with Gasteiger partial charge in [-0.2, -0.15) is 13.2 Å². The van der Waals surface area contributed by atoms with Gasteiger partial charge in [0.25, 0.3) is 5.91 Å². The Balaban J connectivity index is 1.94. The second kappa shape index (κ2) is 8.52. The molecule has 0 saturated heterocycles. The van der Waals surface area contributed by atoms with Gasteiger partial charge in [0, 0.05) is 12.1 Å². The van der Waals surface area contributed by atoms with Crippen LogP contribution >= 0.6 is 0 Å². The van der Waals surface area contributed by atoms with E-state index in [1.54, 1.807) is 13.8 Å². The summed E-state index contributed by atoms with van der Waals surface area (Å²) in [6.07, 6.45) is -2.91. The van der Waals surface area contributed by atoms with Gasteiger partial charge in [0.05, 0.1) is 5.56 Å². The first kappa shape index (κ1) is 20.2. The molecule has 0 bridgehead atoms. The number of benzene rings is 1. The van der Waals surface area contributed by atoms with E-state index in [1.807, 2.05) is 0 Å². The van der Waals surface area contributed by atoms with Crippen LogP contribution < -0.4 is 5.32 Å². The second-order valence-corrected chi connectivity index (χ2v) is 5.60. The van der Waals surface area contributed by atoms with E-state index in [2.05, 4.69) is 10.5 Å². The minimum absolute atomic E-state index is 0.201. The third-order valence-corrected chi connectivity index (χ3v) is 3.45. The summed E-state index contributed by atoms with van der Waals surface area (Å²) in [4.78, 5) is 24.0. The van der Waals surface area contributed by atoms with Crippen molar-refractivity contribution < 1.29 is 32.0 Å². The molecule has 0 radical (unpaired) electrons. The van der Waals surface area contributed by atoms with E-state index in [1.165, 1.54) is 24.3 Å². The highest BCUT2D eigenvalue weighted by molar-refractivity contribution is 5.96. The van der Waals surface area contributed by atoms with Crippen molar-refractivity contribution in [3.05, 3.63) is 53.3 Å². The van der Waals surface area contributed by atoms with Crippen molar-refractivity contribution in [1.29, 1.82) is 0 Å². The fourth-order valence-electron chi connectivity index (χ4n) is 2.08. The molecule has 1 N–H and O–H groups in total. The minimum atomic E-state index is -4.43. The Morgan fingerprint density at radius 1 is 1.30 bits per heavy atom. The van der Waals surface area contributed by atoms with Gasteiger partial charge < -0.3 is 14.6 Å². The lowest BCUT2D eigenvalue weighted by Gasteiger charge is -2.13. The molecule has 9 heteroatoms. The summed E-state index contributed by atoms with van der Waals surface area (Å²) >= 11 is 0. The Kier molecular flexibility index (Phi) is 6.38. The van der Waals surface area contributed by atoms with Crippen LogP contribution in [0.5, 0.6) is 0 Å². The number of alkyl halides is 3. The number of amides is 1. The van der Waals surface area contributed by atoms with Crippen LogP contribution in [0.4, 0.5) is 19.0 Å². The number of nitrogens with zero attached hydrogens (tertiary/aromatic N) is 1. The van der Waals surface area contributed by atoms with Crippen LogP contribution in [0.3, 0.4) is 0 Å². The average molecular weight is 382 g/mol. The van der Waals surface area contributed by atoms with Crippen LogP contribution in [0, 0.1) is 6.92 Å². The molecule has 0 aliphatic heterocycles. The number of halogens is 3. The summed E-state index contributed by atoms with van der Waals surface area (Å²) in [7, 11) is 0. The maximum Gasteiger partial charge on any atom is 0.416 e. The SMILES string of the molecule is CCC(OC(=O)/C=C/c1ccc(C(F)(F)F)cc1)C(=O)Nc1cc(C)on1. The van der Waals surface area contributed by atoms with E-state index >= 15 is 0 Å². The van der Waals surface area contributed by atoms with E-state index in [-0.39, 0.29) is 12.2 Å². The van der Waals surface area contributed by atoms with Gasteiger partial charge in [-0.15, -0.1) is 0 Å². The number of carbonyl (C=O) groups is 2. The molecule has 0 spiro atoms. The van der Waals surface area contributed by atoms with Crippen molar-refractivity contribution in [2.24, 2.45) is 0 Å². The highest BCUT2D eigenvalue weighted by Crippen LogP contribution is 2.29. The minimum Gasteiger partial charge on any atom is -0.449 e. The van der Waals surface area contributed by atoms with Crippen LogP contribution in [0.25, 0.3) is 6.08 Å². The normalized spacial score (nSPS) is 12.8. The number of nitrogens with one attached hydrogen (secondary N) is 1. The standard InChI is InChI=1S/C18H17F3N2O4/c1-3-14(17(25)22-15-10-11(2)27-23-15)26-16(24)9-6-12-4-7-13(8-5-12)18(19,20)21/h4-10,14H,3H2,1-2H3,(H,22,23,25)/b9-6+. The van der Waals surface area contributed by atoms with Crippen LogP contribution in [0.15, 0.2) is 40.9 Å². The van der Waals surface area contributed by atoms with E-state index in [0.717, 1.165) is 18.2 Å². The molecule has 2 aromatic rings. The molecule has 144 valence electrons. The topological polar surface area (TPSA) is 81.4 Å². The number of esters is 1. The second-order valence-electron chi connectivity index (χ2n) is 5.60. The molecular weight excluding hydrogens is 365 g/mol. The van der Waals surface area contributed by atoms with Crippen molar-refractivity contribution >= 4 is 23.8 Å². The summed E-state index contributed by atoms with van der Waals surface area (Å²) in [5, 5.41) is 6.07. The Morgan fingerprint density at radius 3 is 2.48 bits per heavy atom. The zero-order chi connectivity index (χ0) is 20.0. The van der Waals surface area contributed by atoms with Gasteiger partial charge >= 0.3 is 12.1 Å². The van der Waals surface area contributed by atoms with Crippen LogP contribution in [0.2, 0.25) is 0 Å². The fourth-order valence-corrected chi connectivity index (χ4v) is 2.08. The predicted molar refractivity (Wildman–Crippen MR) is 90.5 cm³/mol. The molecule has 1 aromatic carbocycles. The first-order chi connectivity index (χ1) is 12.7. The summed E-state index contributed by atoms with van der Waals surface area (Å²) < 4.78 is 47.4. The van der Waals surface area contributed by atoms with Crippen molar-refractivity contribution in [3.63, 3.8) is 0 Å². The fraction of sp³-hybridized carbons (Fsp3) is 0.278. The van der Waals surface area contributed by atoms with Crippen molar-refractivity contribution in [1.82, 2.24) is 5.16 Å². The van der Waals surface area contributed by atoms with Crippen molar-refractivity contribution in [3.8, 4) is 0 Å². The largest absolute Gasteiger partial charge is 0.449 e. The zero-order valence-electron chi connectivity index (χ0n) is 14.5. The monoisotopic (exact) mass is 382 g/mol. The molecule has 1 aromatic heterocycles. The lowest BCUT2D eigenvalue weighted by Crippen LogP contribution is -2.31. The van der Waals surface area contributed by atoms with Crippen molar-refractivity contribution in [2.45, 2.75) is 32.5 Å². The van der Waals surface area contributed by atoms with E-state index < -0.39 is 29.7 Å². The predicted octanol–water partition coefficient (Wildman–Crippen LogP) is 3.98.